The summed E-state index contributed by atoms with van der Waals surface area (Å²) in [6.45, 7) is 1.96. The number of hydrogen-bond donors (Lipinski definition) is 4. The zero-order valence-corrected chi connectivity index (χ0v) is 19.4. The van der Waals surface area contributed by atoms with Crippen LogP contribution in [0.4, 0.5) is 52.5 Å². The standard InChI is InChI=1S/C24H19ClF3N7O/c1-14-8-9-29-20(10-14)35-22-12-21(30-13-31-22)32-15-2-4-16(5-3-15)33-23(36)34-17-6-7-19(25)18(11-17)24(26,27)28/h2-13H,1H3,(H2,33,34,36)(H2,29,30,31,32,35). The summed E-state index contributed by atoms with van der Waals surface area (Å²) in [6, 6.07) is 14.6. The Balaban J connectivity index is 1.36. The van der Waals surface area contributed by atoms with Gasteiger partial charge in [0.25, 0.3) is 0 Å². The van der Waals surface area contributed by atoms with Gasteiger partial charge in [-0.15, -0.1) is 0 Å². The Labute approximate surface area is 209 Å². The van der Waals surface area contributed by atoms with Crippen LogP contribution in [0.15, 0.2) is 73.2 Å². The van der Waals surface area contributed by atoms with E-state index in [1.54, 1.807) is 36.5 Å². The molecule has 0 fully saturated rings. The summed E-state index contributed by atoms with van der Waals surface area (Å²) < 4.78 is 39.0. The summed E-state index contributed by atoms with van der Waals surface area (Å²) in [5.74, 6) is 1.74. The second-order valence-electron chi connectivity index (χ2n) is 7.61. The van der Waals surface area contributed by atoms with Crippen molar-refractivity contribution in [2.24, 2.45) is 0 Å². The summed E-state index contributed by atoms with van der Waals surface area (Å²) in [5, 5.41) is 10.7. The summed E-state index contributed by atoms with van der Waals surface area (Å²) >= 11 is 5.60. The number of halogens is 4. The highest BCUT2D eigenvalue weighted by molar-refractivity contribution is 6.31. The fraction of sp³-hybridized carbons (Fsp3) is 0.0833. The van der Waals surface area contributed by atoms with Gasteiger partial charge in [-0.1, -0.05) is 11.6 Å². The number of nitrogens with zero attached hydrogens (tertiary/aromatic N) is 3. The zero-order chi connectivity index (χ0) is 25.7. The van der Waals surface area contributed by atoms with Crippen molar-refractivity contribution in [3.05, 3.63) is 89.3 Å². The Hall–Kier alpha value is -4.38. The third-order valence-corrected chi connectivity index (χ3v) is 5.11. The van der Waals surface area contributed by atoms with E-state index < -0.39 is 22.8 Å². The second-order valence-corrected chi connectivity index (χ2v) is 8.01. The Morgan fingerprint density at radius 1 is 0.778 bits per heavy atom. The van der Waals surface area contributed by atoms with Crippen LogP contribution in [0.1, 0.15) is 11.1 Å². The summed E-state index contributed by atoms with van der Waals surface area (Å²) in [7, 11) is 0. The highest BCUT2D eigenvalue weighted by Crippen LogP contribution is 2.36. The van der Waals surface area contributed by atoms with Gasteiger partial charge in [-0.3, -0.25) is 0 Å². The Bertz CT molecular complexity index is 1380. The normalized spacial score (nSPS) is 11.0. The first-order chi connectivity index (χ1) is 17.2. The van der Waals surface area contributed by atoms with Crippen molar-refractivity contribution < 1.29 is 18.0 Å². The Morgan fingerprint density at radius 3 is 2.08 bits per heavy atom. The molecule has 0 aliphatic rings. The van der Waals surface area contributed by atoms with Crippen molar-refractivity contribution in [1.82, 2.24) is 15.0 Å². The van der Waals surface area contributed by atoms with Crippen molar-refractivity contribution in [2.45, 2.75) is 13.1 Å². The lowest BCUT2D eigenvalue weighted by atomic mass is 10.2. The predicted molar refractivity (Wildman–Crippen MR) is 133 cm³/mol. The number of carbonyl (C=O) groups excluding carboxylic acids is 1. The highest BCUT2D eigenvalue weighted by atomic mass is 35.5. The Morgan fingerprint density at radius 2 is 1.39 bits per heavy atom. The molecule has 0 radical (unpaired) electrons. The third-order valence-electron chi connectivity index (χ3n) is 4.78. The van der Waals surface area contributed by atoms with Gasteiger partial charge in [-0.05, 0) is 67.1 Å². The van der Waals surface area contributed by atoms with E-state index in [1.165, 1.54) is 12.4 Å². The molecule has 2 heterocycles. The number of benzene rings is 2. The van der Waals surface area contributed by atoms with Crippen LogP contribution in [-0.2, 0) is 6.18 Å². The minimum Gasteiger partial charge on any atom is -0.340 e. The van der Waals surface area contributed by atoms with E-state index in [4.69, 9.17) is 11.6 Å². The average Bonchev–Trinajstić information content (AvgIpc) is 2.81. The number of pyridine rings is 1. The van der Waals surface area contributed by atoms with Crippen LogP contribution in [-0.4, -0.2) is 21.0 Å². The Kier molecular flexibility index (Phi) is 7.20. The lowest BCUT2D eigenvalue weighted by Gasteiger charge is -2.13. The van der Waals surface area contributed by atoms with Crippen LogP contribution in [0, 0.1) is 6.92 Å². The smallest absolute Gasteiger partial charge is 0.340 e. The van der Waals surface area contributed by atoms with Gasteiger partial charge in [-0.2, -0.15) is 13.2 Å². The maximum Gasteiger partial charge on any atom is 0.417 e. The number of nitrogens with one attached hydrogen (secondary N) is 4. The third kappa shape index (κ3) is 6.60. The molecule has 4 N–H and O–H groups in total. The highest BCUT2D eigenvalue weighted by Gasteiger charge is 2.33. The predicted octanol–water partition coefficient (Wildman–Crippen LogP) is 6.98. The van der Waals surface area contributed by atoms with Crippen LogP contribution >= 0.6 is 11.6 Å². The van der Waals surface area contributed by atoms with E-state index in [-0.39, 0.29) is 5.69 Å². The minimum absolute atomic E-state index is 0.0449. The van der Waals surface area contributed by atoms with E-state index in [0.29, 0.717) is 28.8 Å². The van der Waals surface area contributed by atoms with E-state index in [0.717, 1.165) is 17.7 Å². The molecular weight excluding hydrogens is 495 g/mol. The van der Waals surface area contributed by atoms with Gasteiger partial charge in [0.1, 0.15) is 23.8 Å². The molecule has 0 bridgehead atoms. The largest absolute Gasteiger partial charge is 0.417 e. The van der Waals surface area contributed by atoms with Crippen LogP contribution in [0.5, 0.6) is 0 Å². The molecule has 4 aromatic rings. The lowest BCUT2D eigenvalue weighted by molar-refractivity contribution is -0.137. The van der Waals surface area contributed by atoms with Crippen molar-refractivity contribution in [2.75, 3.05) is 21.3 Å². The first-order valence-corrected chi connectivity index (χ1v) is 10.9. The molecule has 4 rings (SSSR count). The minimum atomic E-state index is -4.63. The first kappa shape index (κ1) is 24.7. The molecule has 2 aromatic heterocycles. The van der Waals surface area contributed by atoms with Crippen molar-refractivity contribution >= 4 is 52.1 Å². The number of aromatic nitrogens is 3. The lowest BCUT2D eigenvalue weighted by Crippen LogP contribution is -2.19. The number of carbonyl (C=O) groups is 1. The molecule has 8 nitrogen and oxygen atoms in total. The first-order valence-electron chi connectivity index (χ1n) is 10.5. The monoisotopic (exact) mass is 513 g/mol. The van der Waals surface area contributed by atoms with E-state index >= 15 is 0 Å². The van der Waals surface area contributed by atoms with E-state index in [9.17, 15) is 18.0 Å². The zero-order valence-electron chi connectivity index (χ0n) is 18.7. The van der Waals surface area contributed by atoms with Gasteiger partial charge in [-0.25, -0.2) is 19.7 Å². The van der Waals surface area contributed by atoms with Crippen molar-refractivity contribution in [1.29, 1.82) is 0 Å². The summed E-state index contributed by atoms with van der Waals surface area (Å²) in [4.78, 5) is 24.8. The van der Waals surface area contributed by atoms with E-state index in [1.807, 2.05) is 19.1 Å². The van der Waals surface area contributed by atoms with Crippen LogP contribution in [0.3, 0.4) is 0 Å². The molecule has 0 aliphatic carbocycles. The molecule has 0 saturated carbocycles. The van der Waals surface area contributed by atoms with Gasteiger partial charge >= 0.3 is 12.2 Å². The molecule has 12 heteroatoms. The second kappa shape index (κ2) is 10.5. The fourth-order valence-electron chi connectivity index (χ4n) is 3.13. The molecule has 0 unspecified atom stereocenters. The molecular formula is C24H19ClF3N7O. The molecule has 0 aliphatic heterocycles. The maximum atomic E-state index is 13.0. The van der Waals surface area contributed by atoms with Crippen molar-refractivity contribution in [3.8, 4) is 0 Å². The molecule has 36 heavy (non-hydrogen) atoms. The van der Waals surface area contributed by atoms with E-state index in [2.05, 4.69) is 36.2 Å². The molecule has 0 atom stereocenters. The molecule has 184 valence electrons. The maximum absolute atomic E-state index is 13.0. The quantitative estimate of drug-likeness (QED) is 0.222. The number of amides is 2. The number of hydrogen-bond acceptors (Lipinski definition) is 6. The van der Waals surface area contributed by atoms with Crippen molar-refractivity contribution in [3.63, 3.8) is 0 Å². The number of rotatable bonds is 6. The molecule has 0 saturated heterocycles. The molecule has 0 spiro atoms. The van der Waals surface area contributed by atoms with Gasteiger partial charge in [0.15, 0.2) is 0 Å². The number of anilines is 6. The SMILES string of the molecule is Cc1ccnc(Nc2cc(Nc3ccc(NC(=O)Nc4ccc(Cl)c(C(F)(F)F)c4)cc3)ncn2)c1. The van der Waals surface area contributed by atoms with Gasteiger partial charge in [0, 0.05) is 29.3 Å². The topological polar surface area (TPSA) is 104 Å². The number of alkyl halides is 3. The van der Waals surface area contributed by atoms with Crippen LogP contribution in [0.25, 0.3) is 0 Å². The summed E-state index contributed by atoms with van der Waals surface area (Å²) in [5.41, 5.74) is 1.10. The van der Waals surface area contributed by atoms with Crippen LogP contribution < -0.4 is 21.3 Å². The number of aryl methyl sites for hydroxylation is 1. The fourth-order valence-corrected chi connectivity index (χ4v) is 3.35. The van der Waals surface area contributed by atoms with Gasteiger partial charge in [0.2, 0.25) is 0 Å². The molecule has 2 amide bonds. The average molecular weight is 514 g/mol. The van der Waals surface area contributed by atoms with Gasteiger partial charge in [0.05, 0.1) is 10.6 Å². The number of urea groups is 1. The van der Waals surface area contributed by atoms with Gasteiger partial charge < -0.3 is 21.3 Å². The van der Waals surface area contributed by atoms with Crippen LogP contribution in [0.2, 0.25) is 5.02 Å². The summed E-state index contributed by atoms with van der Waals surface area (Å²) in [6.07, 6.45) is -1.53. The molecule has 2 aromatic carbocycles.